The third-order valence-electron chi connectivity index (χ3n) is 0.500. The maximum absolute atomic E-state index is 2.18. The molecule has 0 amide bonds. The second-order valence-electron chi connectivity index (χ2n) is 1.000. The van der Waals surface area contributed by atoms with Crippen molar-refractivity contribution in [1.29, 1.82) is 0 Å². The van der Waals surface area contributed by atoms with Gasteiger partial charge in [0.2, 0.25) is 0 Å². The van der Waals surface area contributed by atoms with Crippen LogP contribution in [0.15, 0.2) is 0 Å². The first kappa shape index (κ1) is 22.5. The van der Waals surface area contributed by atoms with Crippen molar-refractivity contribution in [2.45, 2.75) is 26.7 Å². The second-order valence-corrected chi connectivity index (χ2v) is 1.000. The zero-order valence-corrected chi connectivity index (χ0v) is 8.59. The van der Waals surface area contributed by atoms with E-state index >= 15 is 0 Å². The minimum Gasteiger partial charge on any atom is 0 e. The van der Waals surface area contributed by atoms with Crippen molar-refractivity contribution in [2.75, 3.05) is 0 Å². The van der Waals surface area contributed by atoms with Gasteiger partial charge in [-0.05, 0) is 0 Å². The zero-order valence-electron chi connectivity index (χ0n) is 4.05. The van der Waals surface area contributed by atoms with Crippen molar-refractivity contribution in [1.82, 2.24) is 0 Å². The van der Waals surface area contributed by atoms with Gasteiger partial charge in [0, 0.05) is 42.1 Å². The van der Waals surface area contributed by atoms with Crippen LogP contribution in [0.25, 0.3) is 0 Å². The minimum absolute atomic E-state index is 0. The van der Waals surface area contributed by atoms with Crippen LogP contribution in [-0.4, -0.2) is 51.4 Å². The fourth-order valence-electron chi connectivity index (χ4n) is 0. The van der Waals surface area contributed by atoms with Crippen LogP contribution in [0.3, 0.4) is 0 Å². The molecule has 3 heteroatoms. The first-order valence-corrected chi connectivity index (χ1v) is 1.91. The van der Waals surface area contributed by atoms with E-state index in [-0.39, 0.29) is 93.5 Å². The summed E-state index contributed by atoms with van der Waals surface area (Å²) in [5, 5.41) is 0. The largest absolute Gasteiger partial charge is 0 e. The molecule has 0 saturated carbocycles. The summed E-state index contributed by atoms with van der Waals surface area (Å²) in [6.07, 6.45) is 2.64. The molecule has 0 aromatic heterocycles. The predicted molar refractivity (Wildman–Crippen MR) is 27.7 cm³/mol. The van der Waals surface area contributed by atoms with Gasteiger partial charge in [0.25, 0.3) is 0 Å². The molecule has 0 heterocycles. The quantitative estimate of drug-likeness (QED) is 0.487. The average Bonchev–Trinajstić information content (AvgIpc) is 1.37. The Morgan fingerprint density at radius 1 is 0.857 bits per heavy atom. The van der Waals surface area contributed by atoms with Gasteiger partial charge in [-0.15, -0.1) is 0 Å². The van der Waals surface area contributed by atoms with E-state index in [1.54, 1.807) is 0 Å². The summed E-state index contributed by atoms with van der Waals surface area (Å²) in [5.74, 6) is 0. The molecule has 0 aliphatic heterocycles. The average molecular weight is 488 g/mol. The van der Waals surface area contributed by atoms with Gasteiger partial charge >= 0.3 is 51.4 Å². The Kier molecular flexibility index (Phi) is 74.0. The molecule has 0 rings (SSSR count). The molecular weight excluding hydrogens is 477 g/mol. The van der Waals surface area contributed by atoms with Crippen molar-refractivity contribution >= 4 is 51.4 Å². The van der Waals surface area contributed by atoms with Crippen molar-refractivity contribution in [3.05, 3.63) is 0 Å². The molecule has 0 N–H and O–H groups in total. The Morgan fingerprint density at radius 2 is 1.00 bits per heavy atom. The Morgan fingerprint density at radius 3 is 1.00 bits per heavy atom. The monoisotopic (exact) mass is 488 g/mol. The number of hydrogen-bond acceptors (Lipinski definition) is 0. The van der Waals surface area contributed by atoms with E-state index in [1.807, 2.05) is 0 Å². The molecular formula is C4H11KPt2. The molecule has 0 atom stereocenters. The van der Waals surface area contributed by atoms with Crippen LogP contribution in [0, 0.1) is 0 Å². The topological polar surface area (TPSA) is 0 Å². The molecule has 0 aromatic rings. The van der Waals surface area contributed by atoms with Crippen LogP contribution < -0.4 is 0 Å². The van der Waals surface area contributed by atoms with Crippen molar-refractivity contribution in [3.8, 4) is 0 Å². The summed E-state index contributed by atoms with van der Waals surface area (Å²) in [7, 11) is 0. The molecule has 0 fully saturated rings. The van der Waals surface area contributed by atoms with Crippen molar-refractivity contribution in [2.24, 2.45) is 0 Å². The first-order valence-electron chi connectivity index (χ1n) is 1.91. The van der Waals surface area contributed by atoms with E-state index in [1.165, 1.54) is 12.8 Å². The molecule has 0 nitrogen and oxygen atoms in total. The fraction of sp³-hybridized carbons (Fsp3) is 1.00. The standard InChI is InChI=1S/C4H10.K.2Pt.H/c1-3-4-2;;;;/h3-4H2,1-2H3;;;;. The normalized spacial score (nSPS) is 4.29. The summed E-state index contributed by atoms with van der Waals surface area (Å²) in [6.45, 7) is 4.36. The number of unbranched alkanes of at least 4 members (excludes halogenated alkanes) is 1. The van der Waals surface area contributed by atoms with Crippen LogP contribution in [0.1, 0.15) is 26.7 Å². The third kappa shape index (κ3) is 27.5. The summed E-state index contributed by atoms with van der Waals surface area (Å²) in [6, 6.07) is 0. The third-order valence-corrected chi connectivity index (χ3v) is 0.500. The molecule has 0 unspecified atom stereocenters. The maximum Gasteiger partial charge on any atom is 0 e. The van der Waals surface area contributed by atoms with Gasteiger partial charge in [0.15, 0.2) is 0 Å². The van der Waals surface area contributed by atoms with E-state index < -0.39 is 0 Å². The molecule has 48 valence electrons. The summed E-state index contributed by atoms with van der Waals surface area (Å²) < 4.78 is 0. The minimum atomic E-state index is 0. The van der Waals surface area contributed by atoms with Gasteiger partial charge in [-0.25, -0.2) is 0 Å². The molecule has 0 aliphatic rings. The van der Waals surface area contributed by atoms with Gasteiger partial charge in [0.05, 0.1) is 0 Å². The van der Waals surface area contributed by atoms with E-state index in [0.29, 0.717) is 0 Å². The van der Waals surface area contributed by atoms with E-state index in [9.17, 15) is 0 Å². The van der Waals surface area contributed by atoms with Crippen LogP contribution in [0.4, 0.5) is 0 Å². The van der Waals surface area contributed by atoms with Gasteiger partial charge < -0.3 is 0 Å². The number of hydrogen-bond donors (Lipinski definition) is 0. The van der Waals surface area contributed by atoms with Crippen LogP contribution in [-0.2, 0) is 42.1 Å². The summed E-state index contributed by atoms with van der Waals surface area (Å²) >= 11 is 0. The van der Waals surface area contributed by atoms with E-state index in [2.05, 4.69) is 13.8 Å². The molecule has 0 saturated heterocycles. The number of rotatable bonds is 1. The van der Waals surface area contributed by atoms with E-state index in [4.69, 9.17) is 0 Å². The Bertz CT molecular complexity index is 11.7. The maximum atomic E-state index is 2.18. The van der Waals surface area contributed by atoms with Crippen molar-refractivity contribution in [3.63, 3.8) is 0 Å². The SMILES string of the molecule is CCCC.[KH].[Pt].[Pt]. The smallest absolute Gasteiger partial charge is 0 e. The van der Waals surface area contributed by atoms with Crippen molar-refractivity contribution < 1.29 is 42.1 Å². The Balaban J connectivity index is -0.0000000150. The molecule has 0 aliphatic carbocycles. The zero-order chi connectivity index (χ0) is 3.41. The Labute approximate surface area is 118 Å². The van der Waals surface area contributed by atoms with Gasteiger partial charge in [-0.2, -0.15) is 0 Å². The molecule has 7 heavy (non-hydrogen) atoms. The van der Waals surface area contributed by atoms with Crippen LogP contribution in [0.5, 0.6) is 0 Å². The van der Waals surface area contributed by atoms with Crippen LogP contribution in [0.2, 0.25) is 0 Å². The van der Waals surface area contributed by atoms with Gasteiger partial charge in [0.1, 0.15) is 0 Å². The van der Waals surface area contributed by atoms with E-state index in [0.717, 1.165) is 0 Å². The summed E-state index contributed by atoms with van der Waals surface area (Å²) in [5.41, 5.74) is 0. The van der Waals surface area contributed by atoms with Gasteiger partial charge in [-0.1, -0.05) is 26.7 Å². The summed E-state index contributed by atoms with van der Waals surface area (Å²) in [4.78, 5) is 0. The molecule has 0 aromatic carbocycles. The predicted octanol–water partition coefficient (Wildman–Crippen LogP) is 1.15. The molecule has 0 spiro atoms. The fourth-order valence-corrected chi connectivity index (χ4v) is 0. The molecule has 0 radical (unpaired) electrons. The van der Waals surface area contributed by atoms with Crippen LogP contribution >= 0.6 is 0 Å². The Hall–Kier alpha value is 3.01. The first-order chi connectivity index (χ1) is 1.91. The molecule has 0 bridgehead atoms. The van der Waals surface area contributed by atoms with Gasteiger partial charge in [-0.3, -0.25) is 0 Å². The second kappa shape index (κ2) is 23.0.